The van der Waals surface area contributed by atoms with Crippen LogP contribution in [0.15, 0.2) is 54.6 Å². The van der Waals surface area contributed by atoms with E-state index in [0.717, 1.165) is 29.7 Å². The SMILES string of the molecule is Cl.NC(CC(=O)Nc1cccc(CS(=O)C2CCCCC2)c1)c1ccccc1. The van der Waals surface area contributed by atoms with Crippen LogP contribution in [0.4, 0.5) is 5.69 Å². The van der Waals surface area contributed by atoms with E-state index in [2.05, 4.69) is 5.32 Å². The molecule has 1 aliphatic carbocycles. The van der Waals surface area contributed by atoms with Gasteiger partial charge in [-0.15, -0.1) is 12.4 Å². The minimum absolute atomic E-state index is 0. The molecule has 0 aromatic heterocycles. The summed E-state index contributed by atoms with van der Waals surface area (Å²) in [7, 11) is -0.845. The molecule has 0 heterocycles. The van der Waals surface area contributed by atoms with Crippen molar-refractivity contribution in [2.24, 2.45) is 5.73 Å². The molecule has 2 atom stereocenters. The standard InChI is InChI=1S/C22H28N2O2S.ClH/c23-21(18-9-3-1-4-10-18)15-22(25)24-19-11-7-8-17(14-19)16-27(26)20-12-5-2-6-13-20;/h1,3-4,7-11,14,20-21H,2,5-6,12-13,15-16,23H2,(H,24,25);1H. The Bertz CT molecular complexity index is 779. The van der Waals surface area contributed by atoms with Gasteiger partial charge in [-0.05, 0) is 36.1 Å². The van der Waals surface area contributed by atoms with Crippen LogP contribution in [0.2, 0.25) is 0 Å². The molecule has 1 aliphatic rings. The zero-order valence-corrected chi connectivity index (χ0v) is 17.6. The van der Waals surface area contributed by atoms with Crippen LogP contribution < -0.4 is 11.1 Å². The highest BCUT2D eigenvalue weighted by Crippen LogP contribution is 2.24. The van der Waals surface area contributed by atoms with Crippen LogP contribution >= 0.6 is 12.4 Å². The van der Waals surface area contributed by atoms with Crippen LogP contribution in [0.5, 0.6) is 0 Å². The normalized spacial score (nSPS) is 16.6. The van der Waals surface area contributed by atoms with Crippen molar-refractivity contribution >= 4 is 34.8 Å². The van der Waals surface area contributed by atoms with E-state index < -0.39 is 10.8 Å². The fourth-order valence-corrected chi connectivity index (χ4v) is 5.18. The van der Waals surface area contributed by atoms with Crippen LogP contribution in [0, 0.1) is 0 Å². The smallest absolute Gasteiger partial charge is 0.226 e. The molecule has 1 fully saturated rings. The predicted molar refractivity (Wildman–Crippen MR) is 119 cm³/mol. The molecule has 6 heteroatoms. The monoisotopic (exact) mass is 420 g/mol. The van der Waals surface area contributed by atoms with Gasteiger partial charge in [0.2, 0.25) is 5.91 Å². The lowest BCUT2D eigenvalue weighted by molar-refractivity contribution is -0.116. The number of carbonyl (C=O) groups excluding carboxylic acids is 1. The first kappa shape index (κ1) is 22.6. The molecule has 0 saturated heterocycles. The minimum Gasteiger partial charge on any atom is -0.326 e. The molecule has 2 aromatic rings. The summed E-state index contributed by atoms with van der Waals surface area (Å²) in [5, 5.41) is 3.24. The number of rotatable bonds is 7. The van der Waals surface area contributed by atoms with E-state index in [1.54, 1.807) is 0 Å². The zero-order valence-electron chi connectivity index (χ0n) is 16.0. The Morgan fingerprint density at radius 1 is 1.07 bits per heavy atom. The summed E-state index contributed by atoms with van der Waals surface area (Å²) >= 11 is 0. The topological polar surface area (TPSA) is 72.2 Å². The lowest BCUT2D eigenvalue weighted by Gasteiger charge is -2.21. The molecule has 1 amide bonds. The molecule has 152 valence electrons. The van der Waals surface area contributed by atoms with Crippen molar-refractivity contribution in [1.29, 1.82) is 0 Å². The van der Waals surface area contributed by atoms with Gasteiger partial charge in [0.15, 0.2) is 0 Å². The molecule has 0 radical (unpaired) electrons. The Balaban J connectivity index is 0.00000280. The Morgan fingerprint density at radius 3 is 2.50 bits per heavy atom. The van der Waals surface area contributed by atoms with Crippen LogP contribution in [0.25, 0.3) is 0 Å². The number of nitrogens with two attached hydrogens (primary N) is 1. The van der Waals surface area contributed by atoms with Gasteiger partial charge < -0.3 is 11.1 Å². The summed E-state index contributed by atoms with van der Waals surface area (Å²) in [4.78, 5) is 12.3. The van der Waals surface area contributed by atoms with Gasteiger partial charge >= 0.3 is 0 Å². The van der Waals surface area contributed by atoms with Gasteiger partial charge in [-0.1, -0.05) is 61.7 Å². The number of nitrogens with one attached hydrogen (secondary N) is 1. The second-order valence-corrected chi connectivity index (χ2v) is 8.97. The van der Waals surface area contributed by atoms with Gasteiger partial charge in [0, 0.05) is 40.0 Å². The molecule has 28 heavy (non-hydrogen) atoms. The van der Waals surface area contributed by atoms with Crippen LogP contribution in [-0.2, 0) is 21.3 Å². The number of amides is 1. The Kier molecular flexibility index (Phi) is 9.16. The second kappa shape index (κ2) is 11.3. The van der Waals surface area contributed by atoms with Crippen molar-refractivity contribution in [1.82, 2.24) is 0 Å². The van der Waals surface area contributed by atoms with E-state index in [1.165, 1.54) is 19.3 Å². The predicted octanol–water partition coefficient (Wildman–Crippen LogP) is 4.72. The average molecular weight is 421 g/mol. The van der Waals surface area contributed by atoms with E-state index in [-0.39, 0.29) is 30.8 Å². The second-order valence-electron chi connectivity index (χ2n) is 7.25. The van der Waals surface area contributed by atoms with E-state index in [0.29, 0.717) is 11.0 Å². The van der Waals surface area contributed by atoms with E-state index >= 15 is 0 Å². The Morgan fingerprint density at radius 2 is 1.79 bits per heavy atom. The van der Waals surface area contributed by atoms with Gasteiger partial charge in [-0.3, -0.25) is 9.00 Å². The third-order valence-electron chi connectivity index (χ3n) is 5.08. The van der Waals surface area contributed by atoms with Crippen LogP contribution in [0.1, 0.15) is 55.7 Å². The van der Waals surface area contributed by atoms with Crippen molar-refractivity contribution in [2.75, 3.05) is 5.32 Å². The quantitative estimate of drug-likeness (QED) is 0.680. The molecule has 2 aromatic carbocycles. The summed E-state index contributed by atoms with van der Waals surface area (Å²) in [5.74, 6) is 0.440. The lowest BCUT2D eigenvalue weighted by atomic mass is 10.0. The average Bonchev–Trinajstić information content (AvgIpc) is 2.69. The number of halogens is 1. The molecule has 3 N–H and O–H groups in total. The van der Waals surface area contributed by atoms with Crippen LogP contribution in [0.3, 0.4) is 0 Å². The highest BCUT2D eigenvalue weighted by atomic mass is 35.5. The Hall–Kier alpha value is -1.69. The Labute approximate surface area is 176 Å². The van der Waals surface area contributed by atoms with Crippen molar-refractivity contribution in [3.63, 3.8) is 0 Å². The van der Waals surface area contributed by atoms with E-state index in [1.807, 2.05) is 54.6 Å². The number of benzene rings is 2. The molecular weight excluding hydrogens is 392 g/mol. The molecule has 4 nitrogen and oxygen atoms in total. The molecule has 1 saturated carbocycles. The summed E-state index contributed by atoms with van der Waals surface area (Å²) < 4.78 is 12.6. The zero-order chi connectivity index (χ0) is 19.1. The van der Waals surface area contributed by atoms with E-state index in [9.17, 15) is 9.00 Å². The van der Waals surface area contributed by atoms with Gasteiger partial charge in [-0.25, -0.2) is 0 Å². The first-order chi connectivity index (χ1) is 13.1. The van der Waals surface area contributed by atoms with Gasteiger partial charge in [0.25, 0.3) is 0 Å². The first-order valence-electron chi connectivity index (χ1n) is 9.68. The lowest BCUT2D eigenvalue weighted by Crippen LogP contribution is -2.21. The summed E-state index contributed by atoms with van der Waals surface area (Å²) in [6.45, 7) is 0. The number of anilines is 1. The van der Waals surface area contributed by atoms with Gasteiger partial charge in [0.1, 0.15) is 0 Å². The molecule has 0 aliphatic heterocycles. The number of carbonyl (C=O) groups is 1. The van der Waals surface area contributed by atoms with Gasteiger partial charge in [0.05, 0.1) is 0 Å². The summed E-state index contributed by atoms with van der Waals surface area (Å²) in [6.07, 6.45) is 6.01. The largest absolute Gasteiger partial charge is 0.326 e. The van der Waals surface area contributed by atoms with E-state index in [4.69, 9.17) is 5.73 Å². The fraction of sp³-hybridized carbons (Fsp3) is 0.409. The van der Waals surface area contributed by atoms with Crippen molar-refractivity contribution < 1.29 is 9.00 Å². The van der Waals surface area contributed by atoms with Crippen molar-refractivity contribution in [3.05, 3.63) is 65.7 Å². The molecule has 0 bridgehead atoms. The fourth-order valence-electron chi connectivity index (χ4n) is 3.58. The van der Waals surface area contributed by atoms with Crippen molar-refractivity contribution in [2.45, 2.75) is 55.6 Å². The summed E-state index contributed by atoms with van der Waals surface area (Å²) in [5.41, 5.74) is 8.81. The molecule has 0 spiro atoms. The molecule has 3 rings (SSSR count). The molecular formula is C22H29ClN2O2S. The van der Waals surface area contributed by atoms with Crippen molar-refractivity contribution in [3.8, 4) is 0 Å². The maximum Gasteiger partial charge on any atom is 0.226 e. The van der Waals surface area contributed by atoms with Crippen LogP contribution in [-0.4, -0.2) is 15.4 Å². The highest BCUT2D eigenvalue weighted by molar-refractivity contribution is 7.84. The van der Waals surface area contributed by atoms with Gasteiger partial charge in [-0.2, -0.15) is 0 Å². The highest BCUT2D eigenvalue weighted by Gasteiger charge is 2.20. The molecule has 2 unspecified atom stereocenters. The summed E-state index contributed by atoms with van der Waals surface area (Å²) in [6, 6.07) is 17.0. The maximum atomic E-state index is 12.6. The number of hydrogen-bond acceptors (Lipinski definition) is 3. The first-order valence-corrected chi connectivity index (χ1v) is 11.1. The third-order valence-corrected chi connectivity index (χ3v) is 6.91. The minimum atomic E-state index is -0.845. The maximum absolute atomic E-state index is 12.6. The number of hydrogen-bond donors (Lipinski definition) is 2. The third kappa shape index (κ3) is 6.73.